The molecule has 0 bridgehead atoms. The van der Waals surface area contributed by atoms with Crippen molar-refractivity contribution in [1.82, 2.24) is 9.97 Å². The molecule has 0 atom stereocenters. The molecule has 2 rings (SSSR count). The van der Waals surface area contributed by atoms with Crippen LogP contribution in [-0.2, 0) is 0 Å². The molecular weight excluding hydrogens is 264 g/mol. The summed E-state index contributed by atoms with van der Waals surface area (Å²) in [5.74, 6) is -0.738. The maximum atomic E-state index is 13.1. The molecule has 0 aliphatic carbocycles. The highest BCUT2D eigenvalue weighted by atomic mass is 19.2. The molecule has 4 nitrogen and oxygen atoms in total. The Morgan fingerprint density at radius 1 is 1.10 bits per heavy atom. The summed E-state index contributed by atoms with van der Waals surface area (Å²) >= 11 is 0. The number of hydrogen-bond donors (Lipinski definition) is 0. The van der Waals surface area contributed by atoms with Crippen molar-refractivity contribution in [3.63, 3.8) is 0 Å². The molecule has 0 spiro atoms. The second kappa shape index (κ2) is 5.81. The zero-order valence-electron chi connectivity index (χ0n) is 11.5. The molecule has 0 aliphatic rings. The quantitative estimate of drug-likeness (QED) is 0.859. The largest absolute Gasteiger partial charge is 0.439 e. The molecular formula is C14H15F2N3O. The topological polar surface area (TPSA) is 38.2 Å². The third-order valence-corrected chi connectivity index (χ3v) is 2.88. The zero-order valence-corrected chi connectivity index (χ0v) is 11.5. The van der Waals surface area contributed by atoms with Gasteiger partial charge < -0.3 is 9.64 Å². The van der Waals surface area contributed by atoms with Crippen molar-refractivity contribution in [1.29, 1.82) is 0 Å². The normalized spacial score (nSPS) is 10.7. The Morgan fingerprint density at radius 3 is 2.50 bits per heavy atom. The number of anilines is 1. The molecule has 0 saturated heterocycles. The summed E-state index contributed by atoms with van der Waals surface area (Å²) in [5.41, 5.74) is 0. The highest BCUT2D eigenvalue weighted by Crippen LogP contribution is 2.23. The molecule has 106 valence electrons. The minimum absolute atomic E-state index is 0.181. The average molecular weight is 279 g/mol. The molecule has 0 fully saturated rings. The van der Waals surface area contributed by atoms with Gasteiger partial charge in [-0.2, -0.15) is 0 Å². The molecule has 6 heteroatoms. The fourth-order valence-corrected chi connectivity index (χ4v) is 1.50. The number of hydrogen-bond acceptors (Lipinski definition) is 4. The number of halogens is 2. The average Bonchev–Trinajstić information content (AvgIpc) is 2.42. The molecule has 0 saturated carbocycles. The number of rotatable bonds is 4. The molecule has 0 radical (unpaired) electrons. The second-order valence-corrected chi connectivity index (χ2v) is 4.60. The standard InChI is InChI=1S/C14H15F2N3O/c1-9(2)19(3)13-7-14(18-8-17-13)20-10-4-5-11(15)12(16)6-10/h4-9H,1-3H3. The van der Waals surface area contributed by atoms with Crippen LogP contribution in [0, 0.1) is 11.6 Å². The van der Waals surface area contributed by atoms with E-state index in [1.165, 1.54) is 12.4 Å². The summed E-state index contributed by atoms with van der Waals surface area (Å²) in [6.07, 6.45) is 1.36. The minimum Gasteiger partial charge on any atom is -0.439 e. The van der Waals surface area contributed by atoms with E-state index >= 15 is 0 Å². The second-order valence-electron chi connectivity index (χ2n) is 4.60. The Labute approximate surface area is 116 Å². The van der Waals surface area contributed by atoms with Crippen molar-refractivity contribution < 1.29 is 13.5 Å². The van der Waals surface area contributed by atoms with E-state index in [0.717, 1.165) is 12.1 Å². The van der Waals surface area contributed by atoms with E-state index in [1.807, 2.05) is 25.8 Å². The molecule has 1 heterocycles. The van der Waals surface area contributed by atoms with Crippen LogP contribution in [0.25, 0.3) is 0 Å². The lowest BCUT2D eigenvalue weighted by molar-refractivity contribution is 0.446. The predicted octanol–water partition coefficient (Wildman–Crippen LogP) is 3.39. The van der Waals surface area contributed by atoms with Crippen molar-refractivity contribution in [2.75, 3.05) is 11.9 Å². The summed E-state index contributed by atoms with van der Waals surface area (Å²) in [7, 11) is 1.90. The van der Waals surface area contributed by atoms with Gasteiger partial charge in [-0.25, -0.2) is 18.7 Å². The van der Waals surface area contributed by atoms with Crippen LogP contribution in [0.3, 0.4) is 0 Å². The van der Waals surface area contributed by atoms with Gasteiger partial charge in [0.25, 0.3) is 0 Å². The smallest absolute Gasteiger partial charge is 0.224 e. The van der Waals surface area contributed by atoms with E-state index < -0.39 is 11.6 Å². The van der Waals surface area contributed by atoms with Gasteiger partial charge in [0.1, 0.15) is 17.9 Å². The van der Waals surface area contributed by atoms with Crippen molar-refractivity contribution in [2.24, 2.45) is 0 Å². The molecule has 1 aromatic carbocycles. The van der Waals surface area contributed by atoms with Crippen LogP contribution >= 0.6 is 0 Å². The van der Waals surface area contributed by atoms with Gasteiger partial charge in [-0.15, -0.1) is 0 Å². The molecule has 0 N–H and O–H groups in total. The first-order valence-electron chi connectivity index (χ1n) is 6.15. The summed E-state index contributed by atoms with van der Waals surface area (Å²) in [5, 5.41) is 0. The molecule has 0 amide bonds. The van der Waals surface area contributed by atoms with Gasteiger partial charge in [-0.05, 0) is 26.0 Å². The van der Waals surface area contributed by atoms with E-state index in [1.54, 1.807) is 6.07 Å². The first kappa shape index (κ1) is 14.2. The van der Waals surface area contributed by atoms with Crippen LogP contribution in [0.15, 0.2) is 30.6 Å². The lowest BCUT2D eigenvalue weighted by atomic mass is 10.3. The van der Waals surface area contributed by atoms with Crippen LogP contribution in [-0.4, -0.2) is 23.1 Å². The zero-order chi connectivity index (χ0) is 14.7. The third-order valence-electron chi connectivity index (χ3n) is 2.88. The molecule has 0 unspecified atom stereocenters. The van der Waals surface area contributed by atoms with Crippen molar-refractivity contribution >= 4 is 5.82 Å². The molecule has 1 aromatic heterocycles. The van der Waals surface area contributed by atoms with Crippen LogP contribution in [0.4, 0.5) is 14.6 Å². The Balaban J connectivity index is 2.21. The maximum absolute atomic E-state index is 13.1. The lowest BCUT2D eigenvalue weighted by Crippen LogP contribution is -2.26. The molecule has 20 heavy (non-hydrogen) atoms. The monoisotopic (exact) mass is 279 g/mol. The Bertz CT molecular complexity index is 605. The summed E-state index contributed by atoms with van der Waals surface area (Å²) in [4.78, 5) is 10.0. The van der Waals surface area contributed by atoms with Gasteiger partial charge in [0.15, 0.2) is 11.6 Å². The van der Waals surface area contributed by atoms with E-state index in [9.17, 15) is 8.78 Å². The Morgan fingerprint density at radius 2 is 1.85 bits per heavy atom. The lowest BCUT2D eigenvalue weighted by Gasteiger charge is -2.22. The minimum atomic E-state index is -0.962. The van der Waals surface area contributed by atoms with Gasteiger partial charge in [0.2, 0.25) is 5.88 Å². The fraction of sp³-hybridized carbons (Fsp3) is 0.286. The Hall–Kier alpha value is -2.24. The van der Waals surface area contributed by atoms with Crippen LogP contribution in [0.5, 0.6) is 11.6 Å². The van der Waals surface area contributed by atoms with Gasteiger partial charge in [-0.3, -0.25) is 0 Å². The third kappa shape index (κ3) is 3.20. The number of nitrogens with zero attached hydrogens (tertiary/aromatic N) is 3. The molecule has 2 aromatic rings. The van der Waals surface area contributed by atoms with E-state index in [2.05, 4.69) is 9.97 Å². The Kier molecular flexibility index (Phi) is 4.12. The van der Waals surface area contributed by atoms with Gasteiger partial charge in [0, 0.05) is 25.2 Å². The highest BCUT2D eigenvalue weighted by Gasteiger charge is 2.09. The van der Waals surface area contributed by atoms with E-state index in [4.69, 9.17) is 4.74 Å². The first-order chi connectivity index (χ1) is 9.47. The van der Waals surface area contributed by atoms with Crippen LogP contribution in [0.1, 0.15) is 13.8 Å². The molecule has 0 aliphatic heterocycles. The van der Waals surface area contributed by atoms with Crippen LogP contribution in [0.2, 0.25) is 0 Å². The highest BCUT2D eigenvalue weighted by molar-refractivity contribution is 5.41. The fourth-order valence-electron chi connectivity index (χ4n) is 1.50. The van der Waals surface area contributed by atoms with Gasteiger partial charge >= 0.3 is 0 Å². The number of ether oxygens (including phenoxy) is 1. The van der Waals surface area contributed by atoms with Crippen molar-refractivity contribution in [2.45, 2.75) is 19.9 Å². The maximum Gasteiger partial charge on any atom is 0.224 e. The van der Waals surface area contributed by atoms with Gasteiger partial charge in [0.05, 0.1) is 0 Å². The first-order valence-corrected chi connectivity index (χ1v) is 6.15. The van der Waals surface area contributed by atoms with Crippen LogP contribution < -0.4 is 9.64 Å². The predicted molar refractivity (Wildman–Crippen MR) is 72.0 cm³/mol. The van der Waals surface area contributed by atoms with Crippen molar-refractivity contribution in [3.05, 3.63) is 42.2 Å². The van der Waals surface area contributed by atoms with E-state index in [-0.39, 0.29) is 17.7 Å². The number of aromatic nitrogens is 2. The van der Waals surface area contributed by atoms with Crippen molar-refractivity contribution in [3.8, 4) is 11.6 Å². The summed E-state index contributed by atoms with van der Waals surface area (Å²) in [6, 6.07) is 5.23. The SMILES string of the molecule is CC(C)N(C)c1cc(Oc2ccc(F)c(F)c2)ncn1. The van der Waals surface area contributed by atoms with E-state index in [0.29, 0.717) is 5.82 Å². The number of benzene rings is 1. The van der Waals surface area contributed by atoms with Gasteiger partial charge in [-0.1, -0.05) is 0 Å². The summed E-state index contributed by atoms with van der Waals surface area (Å²) in [6.45, 7) is 4.05. The summed E-state index contributed by atoms with van der Waals surface area (Å²) < 4.78 is 31.3.